The quantitative estimate of drug-likeness (QED) is 0.707. The Bertz CT molecular complexity index is 765. The molecule has 0 aliphatic rings. The molecule has 1 atom stereocenters. The van der Waals surface area contributed by atoms with Gasteiger partial charge in [0.05, 0.1) is 6.04 Å². The number of aromatic nitrogens is 4. The third-order valence-corrected chi connectivity index (χ3v) is 5.64. The van der Waals surface area contributed by atoms with E-state index in [0.29, 0.717) is 5.92 Å². The molecule has 3 rings (SSSR count). The second-order valence-electron chi connectivity index (χ2n) is 5.31. The van der Waals surface area contributed by atoms with Crippen LogP contribution in [0.5, 0.6) is 0 Å². The van der Waals surface area contributed by atoms with Gasteiger partial charge in [-0.05, 0) is 23.6 Å². The van der Waals surface area contributed by atoms with Crippen LogP contribution in [-0.4, -0.2) is 19.8 Å². The minimum atomic E-state index is -0.161. The van der Waals surface area contributed by atoms with E-state index in [4.69, 9.17) is 17.3 Å². The number of benzene rings is 1. The summed E-state index contributed by atoms with van der Waals surface area (Å²) in [5.74, 6) is 1.85. The minimum absolute atomic E-state index is 0.161. The van der Waals surface area contributed by atoms with Crippen LogP contribution in [0.25, 0.3) is 4.96 Å². The summed E-state index contributed by atoms with van der Waals surface area (Å²) in [6, 6.07) is 7.68. The zero-order valence-corrected chi connectivity index (χ0v) is 14.6. The number of rotatable bonds is 5. The van der Waals surface area contributed by atoms with E-state index >= 15 is 0 Å². The van der Waals surface area contributed by atoms with Gasteiger partial charge in [0.2, 0.25) is 4.96 Å². The molecule has 5 nitrogen and oxygen atoms in total. The second kappa shape index (κ2) is 6.54. The maximum absolute atomic E-state index is 6.16. The Kier molecular flexibility index (Phi) is 4.67. The van der Waals surface area contributed by atoms with Crippen molar-refractivity contribution in [3.63, 3.8) is 0 Å². The van der Waals surface area contributed by atoms with Crippen molar-refractivity contribution in [1.82, 2.24) is 19.8 Å². The van der Waals surface area contributed by atoms with Gasteiger partial charge >= 0.3 is 0 Å². The first-order valence-corrected chi connectivity index (χ1v) is 9.07. The van der Waals surface area contributed by atoms with Crippen LogP contribution in [0.2, 0.25) is 5.02 Å². The summed E-state index contributed by atoms with van der Waals surface area (Å²) in [7, 11) is 0. The van der Waals surface area contributed by atoms with E-state index in [9.17, 15) is 0 Å². The van der Waals surface area contributed by atoms with E-state index in [2.05, 4.69) is 29.1 Å². The lowest BCUT2D eigenvalue weighted by atomic mass is 10.1. The summed E-state index contributed by atoms with van der Waals surface area (Å²) in [6.07, 6.45) is 0. The minimum Gasteiger partial charge on any atom is -0.321 e. The van der Waals surface area contributed by atoms with Crippen molar-refractivity contribution in [2.75, 3.05) is 0 Å². The van der Waals surface area contributed by atoms with Gasteiger partial charge in [0, 0.05) is 10.8 Å². The lowest BCUT2D eigenvalue weighted by Gasteiger charge is -2.11. The number of hydrogen-bond donors (Lipinski definition) is 1. The smallest absolute Gasteiger partial charge is 0.235 e. The van der Waals surface area contributed by atoms with Crippen LogP contribution >= 0.6 is 34.7 Å². The number of nitrogens with zero attached hydrogens (tertiary/aromatic N) is 4. The van der Waals surface area contributed by atoms with Crippen molar-refractivity contribution in [3.05, 3.63) is 40.7 Å². The third kappa shape index (κ3) is 3.27. The predicted octanol–water partition coefficient (Wildman–Crippen LogP) is 3.79. The van der Waals surface area contributed by atoms with Crippen LogP contribution in [-0.2, 0) is 5.75 Å². The van der Waals surface area contributed by atoms with Gasteiger partial charge in [0.15, 0.2) is 10.2 Å². The molecule has 0 spiro atoms. The Balaban J connectivity index is 1.76. The maximum Gasteiger partial charge on any atom is 0.235 e. The molecule has 0 radical (unpaired) electrons. The number of thioether (sulfide) groups is 1. The standard InChI is InChI=1S/C14H16ClN5S2/c1-8(2)11(16)12-17-18-13-20(12)19-14(22-13)21-7-9-3-5-10(15)6-4-9/h3-6,8,11H,7,16H2,1-2H3. The van der Waals surface area contributed by atoms with E-state index in [1.54, 1.807) is 16.3 Å². The molecule has 2 heterocycles. The SMILES string of the molecule is CC(C)C(N)c1nnc2sc(SCc3ccc(Cl)cc3)nn12. The molecule has 0 bridgehead atoms. The largest absolute Gasteiger partial charge is 0.321 e. The van der Waals surface area contributed by atoms with Crippen molar-refractivity contribution in [1.29, 1.82) is 0 Å². The molecular weight excluding hydrogens is 338 g/mol. The van der Waals surface area contributed by atoms with Crippen LogP contribution in [0.15, 0.2) is 28.6 Å². The number of fused-ring (bicyclic) bond motifs is 1. The van der Waals surface area contributed by atoms with Gasteiger partial charge in [0.25, 0.3) is 0 Å². The summed E-state index contributed by atoms with van der Waals surface area (Å²) in [5, 5.41) is 13.7. The molecule has 0 fully saturated rings. The lowest BCUT2D eigenvalue weighted by molar-refractivity contribution is 0.479. The van der Waals surface area contributed by atoms with Crippen molar-refractivity contribution in [2.45, 2.75) is 30.0 Å². The van der Waals surface area contributed by atoms with Gasteiger partial charge in [-0.1, -0.05) is 60.7 Å². The normalized spacial score (nSPS) is 13.1. The first-order valence-electron chi connectivity index (χ1n) is 6.89. The summed E-state index contributed by atoms with van der Waals surface area (Å²) in [6.45, 7) is 4.13. The Labute approximate surface area is 141 Å². The fourth-order valence-electron chi connectivity index (χ4n) is 1.90. The van der Waals surface area contributed by atoms with E-state index in [0.717, 1.165) is 25.9 Å². The summed E-state index contributed by atoms with van der Waals surface area (Å²) >= 11 is 9.10. The van der Waals surface area contributed by atoms with Gasteiger partial charge < -0.3 is 5.73 Å². The topological polar surface area (TPSA) is 69.1 Å². The highest BCUT2D eigenvalue weighted by Gasteiger charge is 2.20. The molecular formula is C14H16ClN5S2. The fourth-order valence-corrected chi connectivity index (χ4v) is 3.87. The van der Waals surface area contributed by atoms with Crippen molar-refractivity contribution in [2.24, 2.45) is 11.7 Å². The molecule has 0 aliphatic heterocycles. The van der Waals surface area contributed by atoms with Crippen LogP contribution in [0.1, 0.15) is 31.3 Å². The molecule has 116 valence electrons. The van der Waals surface area contributed by atoms with E-state index < -0.39 is 0 Å². The van der Waals surface area contributed by atoms with Crippen LogP contribution in [0.3, 0.4) is 0 Å². The highest BCUT2D eigenvalue weighted by molar-refractivity contribution is 8.00. The maximum atomic E-state index is 6.16. The van der Waals surface area contributed by atoms with E-state index in [-0.39, 0.29) is 6.04 Å². The van der Waals surface area contributed by atoms with E-state index in [1.165, 1.54) is 16.9 Å². The molecule has 8 heteroatoms. The molecule has 1 unspecified atom stereocenters. The van der Waals surface area contributed by atoms with Crippen LogP contribution in [0, 0.1) is 5.92 Å². The zero-order chi connectivity index (χ0) is 15.7. The van der Waals surface area contributed by atoms with Gasteiger partial charge in [-0.15, -0.1) is 15.3 Å². The Morgan fingerprint density at radius 2 is 2.00 bits per heavy atom. The molecule has 0 saturated heterocycles. The predicted molar refractivity (Wildman–Crippen MR) is 91.4 cm³/mol. The first-order chi connectivity index (χ1) is 10.5. The summed E-state index contributed by atoms with van der Waals surface area (Å²) < 4.78 is 2.72. The second-order valence-corrected chi connectivity index (χ2v) is 7.92. The van der Waals surface area contributed by atoms with Crippen molar-refractivity contribution in [3.8, 4) is 0 Å². The van der Waals surface area contributed by atoms with Crippen molar-refractivity contribution >= 4 is 39.7 Å². The molecule has 1 aromatic carbocycles. The molecule has 0 aliphatic carbocycles. The van der Waals surface area contributed by atoms with Crippen LogP contribution in [0.4, 0.5) is 0 Å². The zero-order valence-electron chi connectivity index (χ0n) is 12.2. The molecule has 2 N–H and O–H groups in total. The van der Waals surface area contributed by atoms with Crippen molar-refractivity contribution < 1.29 is 0 Å². The molecule has 2 aromatic heterocycles. The average molecular weight is 354 g/mol. The number of halogens is 1. The van der Waals surface area contributed by atoms with Gasteiger partial charge in [-0.3, -0.25) is 0 Å². The Morgan fingerprint density at radius 3 is 2.68 bits per heavy atom. The Morgan fingerprint density at radius 1 is 1.27 bits per heavy atom. The molecule has 0 saturated carbocycles. The molecule has 22 heavy (non-hydrogen) atoms. The molecule has 3 aromatic rings. The fraction of sp³-hybridized carbons (Fsp3) is 0.357. The average Bonchev–Trinajstić information content (AvgIpc) is 3.05. The monoisotopic (exact) mass is 353 g/mol. The van der Waals surface area contributed by atoms with Gasteiger partial charge in [-0.2, -0.15) is 4.52 Å². The molecule has 0 amide bonds. The summed E-state index contributed by atoms with van der Waals surface area (Å²) in [5.41, 5.74) is 7.37. The van der Waals surface area contributed by atoms with Gasteiger partial charge in [0.1, 0.15) is 0 Å². The summed E-state index contributed by atoms with van der Waals surface area (Å²) in [4.78, 5) is 0.782. The van der Waals surface area contributed by atoms with Crippen LogP contribution < -0.4 is 5.73 Å². The lowest BCUT2D eigenvalue weighted by Crippen LogP contribution is -2.20. The number of hydrogen-bond acceptors (Lipinski definition) is 6. The van der Waals surface area contributed by atoms with Gasteiger partial charge in [-0.25, -0.2) is 0 Å². The third-order valence-electron chi connectivity index (χ3n) is 3.29. The highest BCUT2D eigenvalue weighted by atomic mass is 35.5. The first kappa shape index (κ1) is 15.7. The highest BCUT2D eigenvalue weighted by Crippen LogP contribution is 2.29. The Hall–Kier alpha value is -1.15. The van der Waals surface area contributed by atoms with E-state index in [1.807, 2.05) is 24.3 Å². The number of nitrogens with two attached hydrogens (primary N) is 1.